The van der Waals surface area contributed by atoms with Crippen molar-refractivity contribution in [1.29, 1.82) is 10.8 Å². The predicted molar refractivity (Wildman–Crippen MR) is 164 cm³/mol. The number of carbonyl (C=O) groups excluding carboxylic acids is 2. The van der Waals surface area contributed by atoms with Gasteiger partial charge in [0.1, 0.15) is 18.3 Å². The Hall–Kier alpha value is -5.84. The molecule has 0 radical (unpaired) electrons. The second-order valence-electron chi connectivity index (χ2n) is 9.48. The Balaban J connectivity index is 1.77. The van der Waals surface area contributed by atoms with Gasteiger partial charge >= 0.3 is 5.97 Å². The lowest BCUT2D eigenvalue weighted by Gasteiger charge is -2.34. The number of hydrogen-bond donors (Lipinski definition) is 6. The molecule has 0 heterocycles. The van der Waals surface area contributed by atoms with Gasteiger partial charge in [0.25, 0.3) is 11.6 Å². The lowest BCUT2D eigenvalue weighted by atomic mass is 9.99. The number of rotatable bonds is 12. The second-order valence-corrected chi connectivity index (χ2v) is 9.48. The number of esters is 1. The van der Waals surface area contributed by atoms with Crippen molar-refractivity contribution >= 4 is 34.9 Å². The van der Waals surface area contributed by atoms with Gasteiger partial charge in [-0.05, 0) is 72.3 Å². The molecule has 4 aromatic rings. The van der Waals surface area contributed by atoms with Crippen LogP contribution in [0.15, 0.2) is 97.1 Å². The molecule has 0 aromatic heterocycles. The first-order valence-electron chi connectivity index (χ1n) is 13.1. The molecule has 4 aromatic carbocycles. The Morgan fingerprint density at radius 2 is 1.37 bits per heavy atom. The number of nitrogens with one attached hydrogen (secondary N) is 4. The number of methoxy groups -OCH3 is 1. The van der Waals surface area contributed by atoms with Crippen molar-refractivity contribution in [2.75, 3.05) is 17.7 Å². The SMILES string of the molecule is COc1cc(C(Nc2ccc(C(=N)N)cc2)(OC(C)=O)C(=O)Nc2ccc(C(=N)N)cc2)ccc1OCc1ccccc1. The van der Waals surface area contributed by atoms with Crippen LogP contribution < -0.4 is 31.6 Å². The summed E-state index contributed by atoms with van der Waals surface area (Å²) in [4.78, 5) is 26.7. The van der Waals surface area contributed by atoms with Gasteiger partial charge in [0.2, 0.25) is 0 Å². The summed E-state index contributed by atoms with van der Waals surface area (Å²) >= 11 is 0. The number of nitrogens with two attached hydrogens (primary N) is 2. The number of amides is 1. The molecular formula is C32H32N6O5. The van der Waals surface area contributed by atoms with Gasteiger partial charge in [0.15, 0.2) is 11.5 Å². The molecule has 0 saturated carbocycles. The van der Waals surface area contributed by atoms with Crippen LogP contribution in [0.4, 0.5) is 11.4 Å². The van der Waals surface area contributed by atoms with Crippen molar-refractivity contribution < 1.29 is 23.8 Å². The Kier molecular flexibility index (Phi) is 9.26. The van der Waals surface area contributed by atoms with E-state index in [1.807, 2.05) is 30.3 Å². The molecule has 0 spiro atoms. The Morgan fingerprint density at radius 1 is 0.791 bits per heavy atom. The summed E-state index contributed by atoms with van der Waals surface area (Å²) in [5.74, 6) is -0.993. The normalized spacial score (nSPS) is 11.9. The summed E-state index contributed by atoms with van der Waals surface area (Å²) in [6.45, 7) is 1.47. The molecule has 0 bridgehead atoms. The Bertz CT molecular complexity index is 1620. The van der Waals surface area contributed by atoms with E-state index in [4.69, 9.17) is 36.5 Å². The van der Waals surface area contributed by atoms with Gasteiger partial charge in [-0.1, -0.05) is 30.3 Å². The van der Waals surface area contributed by atoms with Crippen LogP contribution in [-0.4, -0.2) is 30.7 Å². The minimum absolute atomic E-state index is 0.121. The summed E-state index contributed by atoms with van der Waals surface area (Å²) in [6.07, 6.45) is 0. The minimum atomic E-state index is -2.09. The van der Waals surface area contributed by atoms with Crippen LogP contribution in [0.25, 0.3) is 0 Å². The molecule has 11 heteroatoms. The van der Waals surface area contributed by atoms with Gasteiger partial charge in [-0.2, -0.15) is 0 Å². The standard InChI is InChI=1S/C32H32N6O5/c1-20(39)43-32(38-26-15-10-23(11-16-26)30(35)36,31(40)37-25-13-8-22(9-14-25)29(33)34)24-12-17-27(28(18-24)41-2)42-19-21-6-4-3-5-7-21/h3-18,38H,19H2,1-2H3,(H3,33,34)(H3,35,36)(H,37,40). The molecule has 0 saturated heterocycles. The third-order valence-electron chi connectivity index (χ3n) is 6.39. The van der Waals surface area contributed by atoms with E-state index in [1.54, 1.807) is 66.7 Å². The van der Waals surface area contributed by atoms with Crippen molar-refractivity contribution in [2.45, 2.75) is 19.3 Å². The minimum Gasteiger partial charge on any atom is -0.493 e. The molecule has 0 fully saturated rings. The van der Waals surface area contributed by atoms with Crippen molar-refractivity contribution in [1.82, 2.24) is 0 Å². The molecule has 1 amide bonds. The monoisotopic (exact) mass is 580 g/mol. The smallest absolute Gasteiger partial charge is 0.305 e. The molecule has 0 aliphatic heterocycles. The highest BCUT2D eigenvalue weighted by atomic mass is 16.6. The number of anilines is 2. The first-order chi connectivity index (χ1) is 20.6. The summed E-state index contributed by atoms with van der Waals surface area (Å²) in [5, 5.41) is 21.1. The van der Waals surface area contributed by atoms with E-state index < -0.39 is 17.6 Å². The largest absolute Gasteiger partial charge is 0.493 e. The molecule has 220 valence electrons. The lowest BCUT2D eigenvalue weighted by Crippen LogP contribution is -2.50. The van der Waals surface area contributed by atoms with Crippen molar-refractivity contribution in [3.63, 3.8) is 0 Å². The molecule has 4 rings (SSSR count). The molecule has 8 N–H and O–H groups in total. The Labute approximate surface area is 248 Å². The maximum Gasteiger partial charge on any atom is 0.305 e. The van der Waals surface area contributed by atoms with Crippen LogP contribution in [-0.2, 0) is 26.7 Å². The van der Waals surface area contributed by atoms with Crippen LogP contribution >= 0.6 is 0 Å². The highest BCUT2D eigenvalue weighted by molar-refractivity contribution is 6.02. The van der Waals surface area contributed by atoms with Crippen LogP contribution in [0.2, 0.25) is 0 Å². The highest BCUT2D eigenvalue weighted by Gasteiger charge is 2.45. The third-order valence-corrected chi connectivity index (χ3v) is 6.39. The van der Waals surface area contributed by atoms with Crippen LogP contribution in [0.3, 0.4) is 0 Å². The molecule has 1 atom stereocenters. The molecule has 43 heavy (non-hydrogen) atoms. The van der Waals surface area contributed by atoms with E-state index in [2.05, 4.69) is 10.6 Å². The number of amidine groups is 2. The van der Waals surface area contributed by atoms with Gasteiger partial charge in [-0.25, -0.2) is 0 Å². The molecular weight excluding hydrogens is 548 g/mol. The first kappa shape index (κ1) is 30.1. The van der Waals surface area contributed by atoms with Gasteiger partial charge in [-0.3, -0.25) is 20.4 Å². The molecule has 1 unspecified atom stereocenters. The van der Waals surface area contributed by atoms with Gasteiger partial charge in [-0.15, -0.1) is 0 Å². The third kappa shape index (κ3) is 7.27. The average Bonchev–Trinajstić information content (AvgIpc) is 3.00. The molecule has 0 aliphatic carbocycles. The predicted octanol–water partition coefficient (Wildman–Crippen LogP) is 4.31. The maximum atomic E-state index is 14.1. The van der Waals surface area contributed by atoms with Gasteiger partial charge in [0, 0.05) is 35.0 Å². The zero-order valence-corrected chi connectivity index (χ0v) is 23.6. The first-order valence-corrected chi connectivity index (χ1v) is 13.1. The molecule has 11 nitrogen and oxygen atoms in total. The maximum absolute atomic E-state index is 14.1. The van der Waals surface area contributed by atoms with E-state index in [-0.39, 0.29) is 23.8 Å². The summed E-state index contributed by atoms with van der Waals surface area (Å²) in [5.41, 5.74) is 12.0. The quantitative estimate of drug-likeness (QED) is 0.0619. The zero-order valence-electron chi connectivity index (χ0n) is 23.6. The van der Waals surface area contributed by atoms with Crippen LogP contribution in [0, 0.1) is 10.8 Å². The van der Waals surface area contributed by atoms with Crippen LogP contribution in [0.5, 0.6) is 11.5 Å². The molecule has 0 aliphatic rings. The number of nitrogen functional groups attached to an aromatic ring is 2. The number of hydrogen-bond acceptors (Lipinski definition) is 8. The summed E-state index contributed by atoms with van der Waals surface area (Å²) in [7, 11) is 1.46. The summed E-state index contributed by atoms with van der Waals surface area (Å²) < 4.78 is 17.4. The van der Waals surface area contributed by atoms with Gasteiger partial charge < -0.3 is 36.3 Å². The topological polar surface area (TPSA) is 186 Å². The summed E-state index contributed by atoms with van der Waals surface area (Å²) in [6, 6.07) is 27.1. The fourth-order valence-electron chi connectivity index (χ4n) is 4.24. The number of ether oxygens (including phenoxy) is 3. The van der Waals surface area contributed by atoms with E-state index in [1.165, 1.54) is 14.0 Å². The number of benzene rings is 4. The van der Waals surface area contributed by atoms with Crippen LogP contribution in [0.1, 0.15) is 29.2 Å². The zero-order chi connectivity index (χ0) is 31.0. The lowest BCUT2D eigenvalue weighted by molar-refractivity contribution is -0.162. The van der Waals surface area contributed by atoms with Gasteiger partial charge in [0.05, 0.1) is 7.11 Å². The fourth-order valence-corrected chi connectivity index (χ4v) is 4.24. The van der Waals surface area contributed by atoms with E-state index in [0.717, 1.165) is 5.56 Å². The van der Waals surface area contributed by atoms with E-state index in [0.29, 0.717) is 34.0 Å². The van der Waals surface area contributed by atoms with Crippen molar-refractivity contribution in [2.24, 2.45) is 11.5 Å². The average molecular weight is 581 g/mol. The van der Waals surface area contributed by atoms with E-state index in [9.17, 15) is 9.59 Å². The second kappa shape index (κ2) is 13.2. The fraction of sp³-hybridized carbons (Fsp3) is 0.125. The highest BCUT2D eigenvalue weighted by Crippen LogP contribution is 2.37. The number of carbonyl (C=O) groups is 2. The Morgan fingerprint density at radius 3 is 1.91 bits per heavy atom. The van der Waals surface area contributed by atoms with E-state index >= 15 is 0 Å². The van der Waals surface area contributed by atoms with Crippen molar-refractivity contribution in [3.05, 3.63) is 119 Å². The van der Waals surface area contributed by atoms with Crippen molar-refractivity contribution in [3.8, 4) is 11.5 Å².